The van der Waals surface area contributed by atoms with E-state index in [1.165, 1.54) is 0 Å². The van der Waals surface area contributed by atoms with Crippen LogP contribution < -0.4 is 5.32 Å². The minimum Gasteiger partial charge on any atom is -0.383 e. The molecule has 0 saturated heterocycles. The maximum Gasteiger partial charge on any atom is 0.133 e. The van der Waals surface area contributed by atoms with Gasteiger partial charge >= 0.3 is 0 Å². The highest BCUT2D eigenvalue weighted by Crippen LogP contribution is 2.31. The van der Waals surface area contributed by atoms with E-state index in [4.69, 9.17) is 16.3 Å². The number of nitrogens with zero attached hydrogens (tertiary/aromatic N) is 1. The quantitative estimate of drug-likeness (QED) is 0.829. The Morgan fingerprint density at radius 2 is 2.29 bits per heavy atom. The predicted octanol–water partition coefficient (Wildman–Crippen LogP) is 3.26. The molecule has 2 aromatic rings. The molecule has 0 aliphatic rings. The lowest BCUT2D eigenvalue weighted by Crippen LogP contribution is -2.18. The van der Waals surface area contributed by atoms with Gasteiger partial charge in [-0.15, -0.1) is 22.7 Å². The number of methoxy groups -OCH3 is 1. The van der Waals surface area contributed by atoms with E-state index in [-0.39, 0.29) is 0 Å². The van der Waals surface area contributed by atoms with Gasteiger partial charge in [0.25, 0.3) is 0 Å². The number of rotatable bonds is 6. The van der Waals surface area contributed by atoms with E-state index in [1.54, 1.807) is 29.8 Å². The van der Waals surface area contributed by atoms with Gasteiger partial charge in [0.1, 0.15) is 5.01 Å². The summed E-state index contributed by atoms with van der Waals surface area (Å²) in [5.74, 6) is 0. The Balaban J connectivity index is 1.92. The molecule has 0 atom stereocenters. The second-order valence-electron chi connectivity index (χ2n) is 3.44. The molecule has 0 amide bonds. The minimum atomic E-state index is 0.720. The third-order valence-corrected chi connectivity index (χ3v) is 4.46. The van der Waals surface area contributed by atoms with Crippen LogP contribution in [0.1, 0.15) is 5.69 Å². The predicted molar refractivity (Wildman–Crippen MR) is 74.0 cm³/mol. The molecule has 2 rings (SSSR count). The zero-order chi connectivity index (χ0) is 12.1. The number of halogens is 1. The Labute approximate surface area is 113 Å². The van der Waals surface area contributed by atoms with Crippen LogP contribution in [0.25, 0.3) is 9.88 Å². The van der Waals surface area contributed by atoms with Gasteiger partial charge in [-0.1, -0.05) is 11.6 Å². The minimum absolute atomic E-state index is 0.720. The van der Waals surface area contributed by atoms with Crippen molar-refractivity contribution in [1.82, 2.24) is 10.3 Å². The highest BCUT2D eigenvalue weighted by atomic mass is 35.5. The molecule has 0 saturated carbocycles. The zero-order valence-corrected chi connectivity index (χ0v) is 11.8. The SMILES string of the molecule is COCCNCc1csc(-c2cc(Cl)cs2)n1. The van der Waals surface area contributed by atoms with E-state index >= 15 is 0 Å². The van der Waals surface area contributed by atoms with Crippen LogP contribution in [0.15, 0.2) is 16.8 Å². The molecule has 92 valence electrons. The first-order valence-corrected chi connectivity index (χ1v) is 7.32. The maximum absolute atomic E-state index is 5.90. The number of ether oxygens (including phenoxy) is 1. The van der Waals surface area contributed by atoms with Crippen LogP contribution >= 0.6 is 34.3 Å². The normalized spacial score (nSPS) is 10.9. The molecule has 6 heteroatoms. The van der Waals surface area contributed by atoms with Crippen molar-refractivity contribution < 1.29 is 4.74 Å². The molecular weight excluding hydrogens is 276 g/mol. The summed E-state index contributed by atoms with van der Waals surface area (Å²) < 4.78 is 4.96. The van der Waals surface area contributed by atoms with Crippen molar-refractivity contribution in [2.24, 2.45) is 0 Å². The van der Waals surface area contributed by atoms with Gasteiger partial charge in [0.05, 0.1) is 22.2 Å². The molecule has 0 unspecified atom stereocenters. The molecule has 0 fully saturated rings. The average molecular weight is 289 g/mol. The molecule has 17 heavy (non-hydrogen) atoms. The monoisotopic (exact) mass is 288 g/mol. The molecule has 0 aromatic carbocycles. The molecule has 2 heterocycles. The third kappa shape index (κ3) is 3.76. The van der Waals surface area contributed by atoms with Crippen molar-refractivity contribution in [3.8, 4) is 9.88 Å². The van der Waals surface area contributed by atoms with Crippen molar-refractivity contribution in [3.63, 3.8) is 0 Å². The van der Waals surface area contributed by atoms with E-state index in [9.17, 15) is 0 Å². The van der Waals surface area contributed by atoms with Gasteiger partial charge < -0.3 is 10.1 Å². The summed E-state index contributed by atoms with van der Waals surface area (Å²) in [4.78, 5) is 5.69. The van der Waals surface area contributed by atoms with Gasteiger partial charge in [-0.2, -0.15) is 0 Å². The molecular formula is C11H13ClN2OS2. The van der Waals surface area contributed by atoms with Crippen molar-refractivity contribution in [2.75, 3.05) is 20.3 Å². The van der Waals surface area contributed by atoms with E-state index in [2.05, 4.69) is 15.7 Å². The second kappa shape index (κ2) is 6.47. The van der Waals surface area contributed by atoms with Crippen LogP contribution in [0, 0.1) is 0 Å². The molecule has 3 nitrogen and oxygen atoms in total. The first kappa shape index (κ1) is 13.0. The highest BCUT2D eigenvalue weighted by molar-refractivity contribution is 7.20. The molecule has 0 aliphatic carbocycles. The molecule has 0 bridgehead atoms. The number of thiazole rings is 1. The van der Waals surface area contributed by atoms with Crippen LogP contribution in [0.2, 0.25) is 5.02 Å². The fourth-order valence-corrected chi connectivity index (χ4v) is 3.29. The standard InChI is InChI=1S/C11H13ClN2OS2/c1-15-3-2-13-5-9-7-17-11(14-9)10-4-8(12)6-16-10/h4,6-7,13H,2-3,5H2,1H3. The number of thiophene rings is 1. The average Bonchev–Trinajstić information content (AvgIpc) is 2.93. The van der Waals surface area contributed by atoms with Crippen molar-refractivity contribution >= 4 is 34.3 Å². The van der Waals surface area contributed by atoms with Crippen molar-refractivity contribution in [1.29, 1.82) is 0 Å². The van der Waals surface area contributed by atoms with Crippen LogP contribution in [0.5, 0.6) is 0 Å². The Bertz CT molecular complexity index is 469. The van der Waals surface area contributed by atoms with E-state index < -0.39 is 0 Å². The lowest BCUT2D eigenvalue weighted by molar-refractivity contribution is 0.199. The number of hydrogen-bond acceptors (Lipinski definition) is 5. The third-order valence-electron chi connectivity index (χ3n) is 2.12. The molecule has 0 radical (unpaired) electrons. The number of nitrogens with one attached hydrogen (secondary N) is 1. The van der Waals surface area contributed by atoms with Gasteiger partial charge in [-0.05, 0) is 6.07 Å². The molecule has 1 N–H and O–H groups in total. The summed E-state index contributed by atoms with van der Waals surface area (Å²) in [5.41, 5.74) is 1.06. The highest BCUT2D eigenvalue weighted by Gasteiger charge is 2.06. The van der Waals surface area contributed by atoms with Gasteiger partial charge in [-0.25, -0.2) is 4.98 Å². The van der Waals surface area contributed by atoms with Crippen LogP contribution in [-0.2, 0) is 11.3 Å². The van der Waals surface area contributed by atoms with Crippen LogP contribution in [-0.4, -0.2) is 25.2 Å². The summed E-state index contributed by atoms with van der Waals surface area (Å²) in [6, 6.07) is 1.95. The van der Waals surface area contributed by atoms with Gasteiger partial charge in [0, 0.05) is 31.0 Å². The Morgan fingerprint density at radius 1 is 1.41 bits per heavy atom. The Morgan fingerprint density at radius 3 is 3.00 bits per heavy atom. The number of hydrogen-bond donors (Lipinski definition) is 1. The van der Waals surface area contributed by atoms with Crippen molar-refractivity contribution in [2.45, 2.75) is 6.54 Å². The van der Waals surface area contributed by atoms with E-state index in [1.807, 2.05) is 11.4 Å². The summed E-state index contributed by atoms with van der Waals surface area (Å²) in [6.07, 6.45) is 0. The lowest BCUT2D eigenvalue weighted by Gasteiger charge is -2.00. The summed E-state index contributed by atoms with van der Waals surface area (Å²) in [6.45, 7) is 2.34. The van der Waals surface area contributed by atoms with E-state index in [0.717, 1.165) is 40.3 Å². The summed E-state index contributed by atoms with van der Waals surface area (Å²) >= 11 is 9.17. The fraction of sp³-hybridized carbons (Fsp3) is 0.364. The molecule has 0 spiro atoms. The Kier molecular flexibility index (Phi) is 4.94. The van der Waals surface area contributed by atoms with Gasteiger partial charge in [0.15, 0.2) is 0 Å². The second-order valence-corrected chi connectivity index (χ2v) is 5.65. The maximum atomic E-state index is 5.90. The topological polar surface area (TPSA) is 34.1 Å². The molecule has 0 aliphatic heterocycles. The number of aromatic nitrogens is 1. The smallest absolute Gasteiger partial charge is 0.133 e. The van der Waals surface area contributed by atoms with Crippen molar-refractivity contribution in [3.05, 3.63) is 27.5 Å². The lowest BCUT2D eigenvalue weighted by atomic mass is 10.4. The van der Waals surface area contributed by atoms with Gasteiger partial charge in [-0.3, -0.25) is 0 Å². The van der Waals surface area contributed by atoms with E-state index in [0.29, 0.717) is 0 Å². The van der Waals surface area contributed by atoms with Gasteiger partial charge in [0.2, 0.25) is 0 Å². The summed E-state index contributed by atoms with van der Waals surface area (Å²) in [5, 5.41) is 9.08. The summed E-state index contributed by atoms with van der Waals surface area (Å²) in [7, 11) is 1.70. The largest absolute Gasteiger partial charge is 0.383 e. The Hall–Kier alpha value is -0.460. The van der Waals surface area contributed by atoms with Crippen LogP contribution in [0.3, 0.4) is 0 Å². The molecule has 2 aromatic heterocycles. The zero-order valence-electron chi connectivity index (χ0n) is 9.40. The fourth-order valence-electron chi connectivity index (χ4n) is 1.32. The first-order valence-electron chi connectivity index (χ1n) is 5.18. The first-order chi connectivity index (χ1) is 8.29. The van der Waals surface area contributed by atoms with Crippen LogP contribution in [0.4, 0.5) is 0 Å².